The zero-order chi connectivity index (χ0) is 17.0. The Kier molecular flexibility index (Phi) is 5.05. The van der Waals surface area contributed by atoms with Crippen molar-refractivity contribution in [3.8, 4) is 5.75 Å². The lowest BCUT2D eigenvalue weighted by Crippen LogP contribution is -2.20. The van der Waals surface area contributed by atoms with E-state index in [1.54, 1.807) is 6.92 Å². The summed E-state index contributed by atoms with van der Waals surface area (Å²) in [6.07, 6.45) is 0. The monoisotopic (exact) mass is 328 g/mol. The molecule has 0 atom stereocenters. The number of urea groups is 1. The van der Waals surface area contributed by atoms with Gasteiger partial charge in [-0.25, -0.2) is 13.6 Å². The molecule has 0 bridgehead atoms. The Morgan fingerprint density at radius 1 is 1.09 bits per heavy atom. The zero-order valence-electron chi connectivity index (χ0n) is 11.9. The van der Waals surface area contributed by atoms with E-state index in [0.717, 1.165) is 12.1 Å². The number of nitrogens with one attached hydrogen (secondary N) is 2. The lowest BCUT2D eigenvalue weighted by Gasteiger charge is -2.12. The van der Waals surface area contributed by atoms with Gasteiger partial charge in [0.2, 0.25) is 0 Å². The van der Waals surface area contributed by atoms with Crippen LogP contribution in [0.5, 0.6) is 5.75 Å². The number of carbonyl (C=O) groups is 1. The first-order valence-electron chi connectivity index (χ1n) is 6.43. The van der Waals surface area contributed by atoms with Crippen LogP contribution in [0.1, 0.15) is 5.56 Å². The zero-order valence-corrected chi connectivity index (χ0v) is 11.9. The first-order valence-corrected chi connectivity index (χ1v) is 6.43. The number of rotatable bonds is 4. The van der Waals surface area contributed by atoms with E-state index in [1.807, 2.05) is 0 Å². The Hall–Kier alpha value is -2.77. The molecular weight excluding hydrogens is 316 g/mol. The summed E-state index contributed by atoms with van der Waals surface area (Å²) < 4.78 is 55.0. The number of alkyl halides is 2. The van der Waals surface area contributed by atoms with E-state index in [4.69, 9.17) is 0 Å². The Balaban J connectivity index is 2.08. The summed E-state index contributed by atoms with van der Waals surface area (Å²) in [5, 5.41) is 4.52. The van der Waals surface area contributed by atoms with Gasteiger partial charge in [0.25, 0.3) is 0 Å². The molecule has 0 saturated heterocycles. The van der Waals surface area contributed by atoms with Crippen molar-refractivity contribution in [1.29, 1.82) is 0 Å². The third-order valence-corrected chi connectivity index (χ3v) is 2.84. The second-order valence-electron chi connectivity index (χ2n) is 4.56. The van der Waals surface area contributed by atoms with Crippen molar-refractivity contribution in [3.63, 3.8) is 0 Å². The highest BCUT2D eigenvalue weighted by Gasteiger charge is 2.11. The van der Waals surface area contributed by atoms with Gasteiger partial charge in [0.1, 0.15) is 17.4 Å². The van der Waals surface area contributed by atoms with Gasteiger partial charge in [0.15, 0.2) is 0 Å². The van der Waals surface area contributed by atoms with Crippen LogP contribution in [-0.2, 0) is 0 Å². The van der Waals surface area contributed by atoms with Crippen molar-refractivity contribution in [2.75, 3.05) is 10.6 Å². The fourth-order valence-electron chi connectivity index (χ4n) is 1.78. The smallest absolute Gasteiger partial charge is 0.387 e. The number of benzene rings is 2. The average Bonchev–Trinajstić information content (AvgIpc) is 2.45. The van der Waals surface area contributed by atoms with Gasteiger partial charge in [-0.2, -0.15) is 8.78 Å². The number of aryl methyl sites for hydroxylation is 1. The van der Waals surface area contributed by atoms with Crippen LogP contribution in [0.25, 0.3) is 0 Å². The maximum Gasteiger partial charge on any atom is 0.387 e. The van der Waals surface area contributed by atoms with Gasteiger partial charge >= 0.3 is 12.6 Å². The molecule has 2 aromatic carbocycles. The molecule has 0 aliphatic carbocycles. The van der Waals surface area contributed by atoms with Crippen LogP contribution in [0.3, 0.4) is 0 Å². The molecule has 0 aliphatic heterocycles. The normalized spacial score (nSPS) is 10.5. The summed E-state index contributed by atoms with van der Waals surface area (Å²) in [7, 11) is 0. The van der Waals surface area contributed by atoms with Crippen molar-refractivity contribution >= 4 is 17.4 Å². The molecule has 0 heterocycles. The first-order chi connectivity index (χ1) is 10.8. The molecule has 122 valence electrons. The highest BCUT2D eigenvalue weighted by atomic mass is 19.3. The van der Waals surface area contributed by atoms with E-state index in [-0.39, 0.29) is 17.1 Å². The number of hydrogen-bond donors (Lipinski definition) is 2. The molecule has 0 unspecified atom stereocenters. The molecule has 2 aromatic rings. The molecule has 0 radical (unpaired) electrons. The lowest BCUT2D eigenvalue weighted by atomic mass is 10.2. The van der Waals surface area contributed by atoms with E-state index in [2.05, 4.69) is 15.4 Å². The second kappa shape index (κ2) is 6.99. The average molecular weight is 328 g/mol. The van der Waals surface area contributed by atoms with Gasteiger partial charge in [0, 0.05) is 17.8 Å². The standard InChI is InChI=1S/C15H12F4N2O2/c1-8-2-4-10(7-13(8)23-14(18)19)20-15(22)21-12-5-3-9(16)6-11(12)17/h2-7,14H,1H3,(H2,20,21,22). The Morgan fingerprint density at radius 3 is 2.48 bits per heavy atom. The summed E-state index contributed by atoms with van der Waals surface area (Å²) in [6.45, 7) is -1.43. The summed E-state index contributed by atoms with van der Waals surface area (Å²) in [5.41, 5.74) is 0.409. The van der Waals surface area contributed by atoms with Crippen molar-refractivity contribution in [2.45, 2.75) is 13.5 Å². The quantitative estimate of drug-likeness (QED) is 0.811. The van der Waals surface area contributed by atoms with E-state index in [9.17, 15) is 22.4 Å². The molecule has 0 fully saturated rings. The highest BCUT2D eigenvalue weighted by molar-refractivity contribution is 5.99. The molecule has 0 spiro atoms. The molecule has 2 N–H and O–H groups in total. The highest BCUT2D eigenvalue weighted by Crippen LogP contribution is 2.24. The Morgan fingerprint density at radius 2 is 1.83 bits per heavy atom. The molecule has 0 aromatic heterocycles. The minimum atomic E-state index is -2.99. The lowest BCUT2D eigenvalue weighted by molar-refractivity contribution is -0.0502. The van der Waals surface area contributed by atoms with Crippen molar-refractivity contribution < 1.29 is 27.1 Å². The molecule has 0 aliphatic rings. The Labute approximate surface area is 129 Å². The molecular formula is C15H12F4N2O2. The molecule has 8 heteroatoms. The predicted octanol–water partition coefficient (Wildman–Crippen LogP) is 4.52. The first kappa shape index (κ1) is 16.6. The number of hydrogen-bond acceptors (Lipinski definition) is 2. The number of amides is 2. The molecule has 4 nitrogen and oxygen atoms in total. The van der Waals surface area contributed by atoms with E-state index < -0.39 is 24.3 Å². The predicted molar refractivity (Wildman–Crippen MR) is 76.8 cm³/mol. The molecule has 2 rings (SSSR count). The SMILES string of the molecule is Cc1ccc(NC(=O)Nc2ccc(F)cc2F)cc1OC(F)F. The topological polar surface area (TPSA) is 50.4 Å². The van der Waals surface area contributed by atoms with Gasteiger partial charge in [-0.3, -0.25) is 0 Å². The van der Waals surface area contributed by atoms with E-state index in [1.165, 1.54) is 18.2 Å². The van der Waals surface area contributed by atoms with Gasteiger partial charge in [-0.1, -0.05) is 6.07 Å². The summed E-state index contributed by atoms with van der Waals surface area (Å²) >= 11 is 0. The van der Waals surface area contributed by atoms with Crippen molar-refractivity contribution in [1.82, 2.24) is 0 Å². The summed E-state index contributed by atoms with van der Waals surface area (Å²) in [5.74, 6) is -1.81. The fraction of sp³-hybridized carbons (Fsp3) is 0.133. The van der Waals surface area contributed by atoms with Gasteiger partial charge < -0.3 is 15.4 Å². The van der Waals surface area contributed by atoms with Gasteiger partial charge in [0.05, 0.1) is 5.69 Å². The van der Waals surface area contributed by atoms with E-state index in [0.29, 0.717) is 11.6 Å². The van der Waals surface area contributed by atoms with Crippen LogP contribution in [0.15, 0.2) is 36.4 Å². The molecule has 2 amide bonds. The second-order valence-corrected chi connectivity index (χ2v) is 4.56. The van der Waals surface area contributed by atoms with Gasteiger partial charge in [-0.15, -0.1) is 0 Å². The number of halogens is 4. The number of ether oxygens (including phenoxy) is 1. The molecule has 0 saturated carbocycles. The van der Waals surface area contributed by atoms with Crippen LogP contribution in [-0.4, -0.2) is 12.6 Å². The number of anilines is 2. The third-order valence-electron chi connectivity index (χ3n) is 2.84. The minimum absolute atomic E-state index is 0.0919. The summed E-state index contributed by atoms with van der Waals surface area (Å²) in [4.78, 5) is 11.8. The van der Waals surface area contributed by atoms with Crippen LogP contribution in [0.4, 0.5) is 33.7 Å². The van der Waals surface area contributed by atoms with Crippen molar-refractivity contribution in [3.05, 3.63) is 53.6 Å². The van der Waals surface area contributed by atoms with Crippen LogP contribution in [0, 0.1) is 18.6 Å². The fourth-order valence-corrected chi connectivity index (χ4v) is 1.78. The maximum atomic E-state index is 13.4. The van der Waals surface area contributed by atoms with Crippen LogP contribution in [0.2, 0.25) is 0 Å². The minimum Gasteiger partial charge on any atom is -0.434 e. The Bertz CT molecular complexity index is 723. The summed E-state index contributed by atoms with van der Waals surface area (Å²) in [6, 6.07) is 6.00. The largest absolute Gasteiger partial charge is 0.434 e. The number of carbonyl (C=O) groups excluding carboxylic acids is 1. The van der Waals surface area contributed by atoms with E-state index >= 15 is 0 Å². The third kappa shape index (κ3) is 4.60. The van der Waals surface area contributed by atoms with Crippen molar-refractivity contribution in [2.24, 2.45) is 0 Å². The van der Waals surface area contributed by atoms with Crippen LogP contribution < -0.4 is 15.4 Å². The molecule has 23 heavy (non-hydrogen) atoms. The van der Waals surface area contributed by atoms with Crippen LogP contribution >= 0.6 is 0 Å². The maximum absolute atomic E-state index is 13.4. The van der Waals surface area contributed by atoms with Gasteiger partial charge in [-0.05, 0) is 30.7 Å².